The van der Waals surface area contributed by atoms with E-state index in [0.717, 1.165) is 5.69 Å². The number of aromatic nitrogens is 1. The van der Waals surface area contributed by atoms with Crippen LogP contribution in [0.3, 0.4) is 0 Å². The van der Waals surface area contributed by atoms with E-state index in [9.17, 15) is 0 Å². The van der Waals surface area contributed by atoms with Crippen LogP contribution in [0.5, 0.6) is 0 Å². The zero-order valence-electron chi connectivity index (χ0n) is 37.9. The zero-order chi connectivity index (χ0) is 45.5. The van der Waals surface area contributed by atoms with Crippen molar-refractivity contribution in [1.82, 2.24) is 4.57 Å². The standard InChI is InChI=1S/C68H45N/c1-5-19-45(20-6-1)47-23-17-25-51(41-47)65-57-33-14-13-31-55(57)60-43-49(35-37-58(60)65)50-36-39-63-61(44-50)66-64(69(63)54-30-18-24-48(42-54)46-21-7-2-8-22-46)40-38-59-56-32-15-16-34-62(56)68(67(59)66,52-26-9-3-10-27-52)53-28-11-4-12-29-53/h1-44,65H. The number of hydrogen-bond acceptors (Lipinski definition) is 0. The third kappa shape index (κ3) is 5.97. The molecule has 1 heterocycles. The predicted molar refractivity (Wildman–Crippen MR) is 287 cm³/mol. The van der Waals surface area contributed by atoms with Crippen LogP contribution < -0.4 is 0 Å². The molecule has 14 rings (SSSR count). The smallest absolute Gasteiger partial charge is 0.0720 e. The summed E-state index contributed by atoms with van der Waals surface area (Å²) in [5.41, 5.74) is 24.6. The van der Waals surface area contributed by atoms with E-state index in [4.69, 9.17) is 0 Å². The Hall–Kier alpha value is -8.78. The van der Waals surface area contributed by atoms with Gasteiger partial charge in [0, 0.05) is 22.4 Å². The number of nitrogens with zero attached hydrogens (tertiary/aromatic N) is 1. The first-order chi connectivity index (χ1) is 34.2. The average Bonchev–Trinajstić information content (AvgIpc) is 4.06. The summed E-state index contributed by atoms with van der Waals surface area (Å²) in [5, 5.41) is 2.52. The Balaban J connectivity index is 1.03. The lowest BCUT2D eigenvalue weighted by atomic mass is 9.67. The Labute approximate surface area is 402 Å². The molecule has 12 aromatic rings. The minimum atomic E-state index is -0.570. The van der Waals surface area contributed by atoms with Gasteiger partial charge in [0.2, 0.25) is 0 Å². The van der Waals surface area contributed by atoms with Crippen LogP contribution in [-0.2, 0) is 5.41 Å². The van der Waals surface area contributed by atoms with E-state index < -0.39 is 5.41 Å². The molecule has 69 heavy (non-hydrogen) atoms. The Bertz CT molecular complexity index is 3900. The van der Waals surface area contributed by atoms with Gasteiger partial charge in [-0.25, -0.2) is 0 Å². The molecular formula is C68H45N. The molecule has 0 aliphatic heterocycles. The molecule has 2 aliphatic rings. The molecule has 0 bridgehead atoms. The predicted octanol–water partition coefficient (Wildman–Crippen LogP) is 17.3. The van der Waals surface area contributed by atoms with Crippen molar-refractivity contribution in [2.24, 2.45) is 0 Å². The maximum atomic E-state index is 2.51. The summed E-state index contributed by atoms with van der Waals surface area (Å²) in [7, 11) is 0. The van der Waals surface area contributed by atoms with Gasteiger partial charge in [-0.2, -0.15) is 0 Å². The van der Waals surface area contributed by atoms with Crippen molar-refractivity contribution in [3.8, 4) is 61.3 Å². The van der Waals surface area contributed by atoms with E-state index in [1.165, 1.54) is 116 Å². The first-order valence-corrected chi connectivity index (χ1v) is 24.1. The Morgan fingerprint density at radius 3 is 1.58 bits per heavy atom. The molecule has 11 aromatic carbocycles. The Kier molecular flexibility index (Phi) is 8.94. The van der Waals surface area contributed by atoms with E-state index >= 15 is 0 Å². The number of fused-ring (bicyclic) bond motifs is 10. The lowest BCUT2D eigenvalue weighted by Gasteiger charge is -2.34. The maximum Gasteiger partial charge on any atom is 0.0720 e. The molecule has 1 atom stereocenters. The van der Waals surface area contributed by atoms with Crippen molar-refractivity contribution >= 4 is 21.8 Å². The molecule has 1 nitrogen and oxygen atoms in total. The highest BCUT2D eigenvalue weighted by Gasteiger charge is 2.48. The molecule has 0 radical (unpaired) electrons. The van der Waals surface area contributed by atoms with Crippen LogP contribution in [-0.4, -0.2) is 4.57 Å². The second-order valence-electron chi connectivity index (χ2n) is 18.7. The fourth-order valence-electron chi connectivity index (χ4n) is 12.2. The molecule has 322 valence electrons. The van der Waals surface area contributed by atoms with Gasteiger partial charge in [-0.1, -0.05) is 231 Å². The summed E-state index contributed by atoms with van der Waals surface area (Å²) < 4.78 is 2.51. The molecule has 1 heteroatoms. The van der Waals surface area contributed by atoms with Crippen LogP contribution in [0, 0.1) is 0 Å². The lowest BCUT2D eigenvalue weighted by molar-refractivity contribution is 0.776. The van der Waals surface area contributed by atoms with E-state index in [-0.39, 0.29) is 5.92 Å². The van der Waals surface area contributed by atoms with Crippen LogP contribution in [0.1, 0.15) is 44.9 Å². The molecule has 2 aliphatic carbocycles. The van der Waals surface area contributed by atoms with Crippen molar-refractivity contribution in [1.29, 1.82) is 0 Å². The fourth-order valence-corrected chi connectivity index (χ4v) is 12.2. The van der Waals surface area contributed by atoms with Crippen LogP contribution in [0.2, 0.25) is 0 Å². The quantitative estimate of drug-likeness (QED) is 0.150. The summed E-state index contributed by atoms with van der Waals surface area (Å²) in [6.45, 7) is 0. The van der Waals surface area contributed by atoms with Crippen molar-refractivity contribution in [3.05, 3.63) is 306 Å². The summed E-state index contributed by atoms with van der Waals surface area (Å²) in [6.07, 6.45) is 0. The summed E-state index contributed by atoms with van der Waals surface area (Å²) in [4.78, 5) is 0. The van der Waals surface area contributed by atoms with Crippen LogP contribution in [0.15, 0.2) is 267 Å². The third-order valence-electron chi connectivity index (χ3n) is 15.1. The second-order valence-corrected chi connectivity index (χ2v) is 18.7. The van der Waals surface area contributed by atoms with Gasteiger partial charge in [-0.3, -0.25) is 0 Å². The minimum absolute atomic E-state index is 0.148. The Morgan fingerprint density at radius 2 is 0.855 bits per heavy atom. The second kappa shape index (κ2) is 15.7. The fraction of sp³-hybridized carbons (Fsp3) is 0.0294. The highest BCUT2D eigenvalue weighted by Crippen LogP contribution is 2.59. The molecular weight excluding hydrogens is 831 g/mol. The van der Waals surface area contributed by atoms with E-state index in [1.54, 1.807) is 0 Å². The SMILES string of the molecule is c1ccc(-c2cccc(C3c4ccccc4-c4cc(-c5ccc6c(c5)c5c7c(ccc5n6-c5cccc(-c6ccccc6)c5)-c5ccccc5C7(c5ccccc5)c5ccccc5)ccc43)c2)cc1. The van der Waals surface area contributed by atoms with E-state index in [2.05, 4.69) is 271 Å². The molecule has 1 unspecified atom stereocenters. The van der Waals surface area contributed by atoms with Gasteiger partial charge < -0.3 is 4.57 Å². The first-order valence-electron chi connectivity index (χ1n) is 24.1. The molecule has 0 N–H and O–H groups in total. The maximum absolute atomic E-state index is 2.51. The van der Waals surface area contributed by atoms with Gasteiger partial charge >= 0.3 is 0 Å². The molecule has 0 saturated carbocycles. The summed E-state index contributed by atoms with van der Waals surface area (Å²) in [5.74, 6) is 0.148. The highest BCUT2D eigenvalue weighted by atomic mass is 15.0. The van der Waals surface area contributed by atoms with Crippen molar-refractivity contribution < 1.29 is 0 Å². The summed E-state index contributed by atoms with van der Waals surface area (Å²) >= 11 is 0. The van der Waals surface area contributed by atoms with Crippen LogP contribution >= 0.6 is 0 Å². The average molecular weight is 876 g/mol. The number of rotatable bonds is 7. The van der Waals surface area contributed by atoms with E-state index in [0.29, 0.717) is 0 Å². The van der Waals surface area contributed by atoms with Crippen molar-refractivity contribution in [2.75, 3.05) is 0 Å². The van der Waals surface area contributed by atoms with Crippen molar-refractivity contribution in [2.45, 2.75) is 11.3 Å². The van der Waals surface area contributed by atoms with Gasteiger partial charge in [0.25, 0.3) is 0 Å². The van der Waals surface area contributed by atoms with Crippen LogP contribution in [0.4, 0.5) is 0 Å². The topological polar surface area (TPSA) is 4.93 Å². The normalized spacial score (nSPS) is 14.1. The number of benzene rings is 11. The first kappa shape index (κ1) is 39.4. The third-order valence-corrected chi connectivity index (χ3v) is 15.1. The van der Waals surface area contributed by atoms with Crippen LogP contribution in [0.25, 0.3) is 83.1 Å². The number of hydrogen-bond donors (Lipinski definition) is 0. The molecule has 0 amide bonds. The highest BCUT2D eigenvalue weighted by molar-refractivity contribution is 6.16. The van der Waals surface area contributed by atoms with Gasteiger partial charge in [0.05, 0.1) is 16.4 Å². The molecule has 0 fully saturated rings. The van der Waals surface area contributed by atoms with E-state index in [1.807, 2.05) is 0 Å². The van der Waals surface area contributed by atoms with Gasteiger partial charge in [0.15, 0.2) is 0 Å². The lowest BCUT2D eigenvalue weighted by Crippen LogP contribution is -2.28. The minimum Gasteiger partial charge on any atom is -0.309 e. The molecule has 0 saturated heterocycles. The zero-order valence-corrected chi connectivity index (χ0v) is 37.9. The van der Waals surface area contributed by atoms with Gasteiger partial charge in [-0.15, -0.1) is 0 Å². The van der Waals surface area contributed by atoms with Gasteiger partial charge in [0.1, 0.15) is 0 Å². The summed E-state index contributed by atoms with van der Waals surface area (Å²) in [6, 6.07) is 99.4. The largest absolute Gasteiger partial charge is 0.309 e. The van der Waals surface area contributed by atoms with Gasteiger partial charge in [-0.05, 0) is 131 Å². The Morgan fingerprint density at radius 1 is 0.319 bits per heavy atom. The molecule has 1 aromatic heterocycles. The molecule has 0 spiro atoms. The van der Waals surface area contributed by atoms with Crippen molar-refractivity contribution in [3.63, 3.8) is 0 Å². The monoisotopic (exact) mass is 875 g/mol.